The third-order valence-electron chi connectivity index (χ3n) is 3.33. The molecule has 1 aliphatic carbocycles. The van der Waals surface area contributed by atoms with Gasteiger partial charge in [-0.05, 0) is 44.1 Å². The molecule has 2 nitrogen and oxygen atoms in total. The Labute approximate surface area is 81.0 Å². The fraction of sp³-hybridized carbons (Fsp3) is 1.00. The van der Waals surface area contributed by atoms with Gasteiger partial charge in [-0.1, -0.05) is 6.42 Å². The van der Waals surface area contributed by atoms with E-state index in [0.29, 0.717) is 0 Å². The standard InChI is InChI=1S/C11H21NO/c1-3-10(4-1)8-13-9-11-5-2-6-12-7-11/h10-12H,1-9H2. The molecule has 0 aromatic carbocycles. The molecular weight excluding hydrogens is 162 g/mol. The van der Waals surface area contributed by atoms with Crippen molar-refractivity contribution in [3.63, 3.8) is 0 Å². The largest absolute Gasteiger partial charge is 0.381 e. The number of piperidine rings is 1. The first-order valence-electron chi connectivity index (χ1n) is 5.73. The second-order valence-corrected chi connectivity index (χ2v) is 4.55. The van der Waals surface area contributed by atoms with Crippen LogP contribution in [0.15, 0.2) is 0 Å². The molecule has 76 valence electrons. The summed E-state index contributed by atoms with van der Waals surface area (Å²) in [6, 6.07) is 0. The van der Waals surface area contributed by atoms with Crippen molar-refractivity contribution in [3.05, 3.63) is 0 Å². The lowest BCUT2D eigenvalue weighted by molar-refractivity contribution is 0.0427. The van der Waals surface area contributed by atoms with Gasteiger partial charge in [-0.15, -0.1) is 0 Å². The number of hydrogen-bond acceptors (Lipinski definition) is 2. The Morgan fingerprint density at radius 1 is 1.00 bits per heavy atom. The lowest BCUT2D eigenvalue weighted by Crippen LogP contribution is -2.33. The minimum absolute atomic E-state index is 0.786. The second-order valence-electron chi connectivity index (χ2n) is 4.55. The predicted molar refractivity (Wildman–Crippen MR) is 53.8 cm³/mol. The minimum atomic E-state index is 0.786. The van der Waals surface area contributed by atoms with Gasteiger partial charge in [0.1, 0.15) is 0 Å². The van der Waals surface area contributed by atoms with E-state index in [2.05, 4.69) is 5.32 Å². The van der Waals surface area contributed by atoms with Crippen LogP contribution in [-0.2, 0) is 4.74 Å². The maximum absolute atomic E-state index is 5.74. The van der Waals surface area contributed by atoms with E-state index in [1.165, 1.54) is 45.2 Å². The molecular formula is C11H21NO. The van der Waals surface area contributed by atoms with Gasteiger partial charge in [-0.2, -0.15) is 0 Å². The zero-order valence-corrected chi connectivity index (χ0v) is 8.43. The normalized spacial score (nSPS) is 30.0. The average molecular weight is 183 g/mol. The topological polar surface area (TPSA) is 21.3 Å². The summed E-state index contributed by atoms with van der Waals surface area (Å²) in [5, 5.41) is 3.42. The van der Waals surface area contributed by atoms with Crippen LogP contribution in [0.1, 0.15) is 32.1 Å². The van der Waals surface area contributed by atoms with Crippen molar-refractivity contribution in [1.29, 1.82) is 0 Å². The first kappa shape index (κ1) is 9.47. The monoisotopic (exact) mass is 183 g/mol. The number of nitrogens with one attached hydrogen (secondary N) is 1. The van der Waals surface area contributed by atoms with Gasteiger partial charge < -0.3 is 10.1 Å². The smallest absolute Gasteiger partial charge is 0.0506 e. The first-order valence-corrected chi connectivity index (χ1v) is 5.73. The molecule has 0 radical (unpaired) electrons. The Morgan fingerprint density at radius 3 is 2.38 bits per heavy atom. The molecule has 2 aliphatic rings. The van der Waals surface area contributed by atoms with E-state index in [1.807, 2.05) is 0 Å². The summed E-state index contributed by atoms with van der Waals surface area (Å²) in [6.45, 7) is 4.39. The van der Waals surface area contributed by atoms with E-state index in [0.717, 1.165) is 25.0 Å². The van der Waals surface area contributed by atoms with Gasteiger partial charge in [0.25, 0.3) is 0 Å². The molecule has 1 atom stereocenters. The Kier molecular flexibility index (Phi) is 3.62. The molecule has 1 saturated carbocycles. The van der Waals surface area contributed by atoms with Crippen molar-refractivity contribution in [3.8, 4) is 0 Å². The molecule has 2 heteroatoms. The summed E-state index contributed by atoms with van der Waals surface area (Å²) in [5.74, 6) is 1.69. The van der Waals surface area contributed by atoms with Gasteiger partial charge >= 0.3 is 0 Å². The molecule has 2 fully saturated rings. The van der Waals surface area contributed by atoms with E-state index in [4.69, 9.17) is 4.74 Å². The van der Waals surface area contributed by atoms with Crippen LogP contribution in [0, 0.1) is 11.8 Å². The molecule has 1 N–H and O–H groups in total. The van der Waals surface area contributed by atoms with Crippen LogP contribution in [0.3, 0.4) is 0 Å². The van der Waals surface area contributed by atoms with E-state index in [-0.39, 0.29) is 0 Å². The summed E-state index contributed by atoms with van der Waals surface area (Å²) in [4.78, 5) is 0. The molecule has 0 bridgehead atoms. The van der Waals surface area contributed by atoms with Crippen LogP contribution in [0.25, 0.3) is 0 Å². The third-order valence-corrected chi connectivity index (χ3v) is 3.33. The molecule has 0 amide bonds. The van der Waals surface area contributed by atoms with Crippen LogP contribution in [0.4, 0.5) is 0 Å². The van der Waals surface area contributed by atoms with E-state index in [9.17, 15) is 0 Å². The van der Waals surface area contributed by atoms with Gasteiger partial charge in [-0.25, -0.2) is 0 Å². The maximum Gasteiger partial charge on any atom is 0.0506 e. The highest BCUT2D eigenvalue weighted by Crippen LogP contribution is 2.26. The van der Waals surface area contributed by atoms with Crippen molar-refractivity contribution in [2.24, 2.45) is 11.8 Å². The summed E-state index contributed by atoms with van der Waals surface area (Å²) in [6.07, 6.45) is 6.93. The Hall–Kier alpha value is -0.0800. The summed E-state index contributed by atoms with van der Waals surface area (Å²) in [5.41, 5.74) is 0. The lowest BCUT2D eigenvalue weighted by Gasteiger charge is -2.27. The predicted octanol–water partition coefficient (Wildman–Crippen LogP) is 1.80. The summed E-state index contributed by atoms with van der Waals surface area (Å²) in [7, 11) is 0. The molecule has 1 unspecified atom stereocenters. The fourth-order valence-corrected chi connectivity index (χ4v) is 2.13. The van der Waals surface area contributed by atoms with Gasteiger partial charge in [0, 0.05) is 13.2 Å². The quantitative estimate of drug-likeness (QED) is 0.717. The lowest BCUT2D eigenvalue weighted by atomic mass is 9.86. The average Bonchev–Trinajstić information content (AvgIpc) is 2.11. The van der Waals surface area contributed by atoms with E-state index < -0.39 is 0 Å². The molecule has 13 heavy (non-hydrogen) atoms. The molecule has 1 heterocycles. The molecule has 2 rings (SSSR count). The van der Waals surface area contributed by atoms with Gasteiger partial charge in [0.2, 0.25) is 0 Å². The highest BCUT2D eigenvalue weighted by Gasteiger charge is 2.18. The van der Waals surface area contributed by atoms with Crippen molar-refractivity contribution >= 4 is 0 Å². The van der Waals surface area contributed by atoms with Gasteiger partial charge in [-0.3, -0.25) is 0 Å². The molecule has 0 spiro atoms. The van der Waals surface area contributed by atoms with Crippen molar-refractivity contribution in [2.45, 2.75) is 32.1 Å². The minimum Gasteiger partial charge on any atom is -0.381 e. The van der Waals surface area contributed by atoms with Gasteiger partial charge in [0.15, 0.2) is 0 Å². The van der Waals surface area contributed by atoms with Crippen molar-refractivity contribution in [1.82, 2.24) is 5.32 Å². The van der Waals surface area contributed by atoms with E-state index >= 15 is 0 Å². The first-order chi connectivity index (χ1) is 6.45. The number of ether oxygens (including phenoxy) is 1. The SMILES string of the molecule is C1CC(COCC2CCCNC2)C1. The number of rotatable bonds is 4. The summed E-state index contributed by atoms with van der Waals surface area (Å²) >= 11 is 0. The van der Waals surface area contributed by atoms with Crippen LogP contribution in [0.5, 0.6) is 0 Å². The van der Waals surface area contributed by atoms with Crippen LogP contribution >= 0.6 is 0 Å². The van der Waals surface area contributed by atoms with Crippen LogP contribution in [0.2, 0.25) is 0 Å². The zero-order valence-electron chi connectivity index (χ0n) is 8.43. The zero-order chi connectivity index (χ0) is 8.93. The van der Waals surface area contributed by atoms with E-state index in [1.54, 1.807) is 0 Å². The second kappa shape index (κ2) is 4.97. The van der Waals surface area contributed by atoms with Crippen LogP contribution in [-0.4, -0.2) is 26.3 Å². The third kappa shape index (κ3) is 2.96. The maximum atomic E-state index is 5.74. The van der Waals surface area contributed by atoms with Crippen molar-refractivity contribution in [2.75, 3.05) is 26.3 Å². The number of hydrogen-bond donors (Lipinski definition) is 1. The fourth-order valence-electron chi connectivity index (χ4n) is 2.13. The summed E-state index contributed by atoms with van der Waals surface area (Å²) < 4.78 is 5.74. The Balaban J connectivity index is 1.50. The highest BCUT2D eigenvalue weighted by atomic mass is 16.5. The van der Waals surface area contributed by atoms with Crippen LogP contribution < -0.4 is 5.32 Å². The molecule has 0 aromatic heterocycles. The Bertz CT molecular complexity index is 139. The molecule has 1 aliphatic heterocycles. The Morgan fingerprint density at radius 2 is 1.77 bits per heavy atom. The molecule has 1 saturated heterocycles. The molecule has 0 aromatic rings. The van der Waals surface area contributed by atoms with Crippen molar-refractivity contribution < 1.29 is 4.74 Å². The highest BCUT2D eigenvalue weighted by molar-refractivity contribution is 4.71. The van der Waals surface area contributed by atoms with Gasteiger partial charge in [0.05, 0.1) is 6.61 Å².